The fourth-order valence-corrected chi connectivity index (χ4v) is 2.89. The molecule has 7 nitrogen and oxygen atoms in total. The van der Waals surface area contributed by atoms with Crippen LogP contribution in [0.4, 0.5) is 0 Å². The number of hydrogen-bond donors (Lipinski definition) is 2. The zero-order chi connectivity index (χ0) is 20.0. The number of ether oxygens (including phenoxy) is 1. The molecule has 0 aliphatic rings. The van der Waals surface area contributed by atoms with Crippen molar-refractivity contribution in [1.82, 2.24) is 25.1 Å². The first-order valence-electron chi connectivity index (χ1n) is 9.94. The highest BCUT2D eigenvalue weighted by Crippen LogP contribution is 2.08. The van der Waals surface area contributed by atoms with Crippen molar-refractivity contribution in [3.63, 3.8) is 0 Å². The number of nitrogens with zero attached hydrogens (tertiary/aromatic N) is 4. The van der Waals surface area contributed by atoms with Gasteiger partial charge >= 0.3 is 0 Å². The van der Waals surface area contributed by atoms with E-state index in [4.69, 9.17) is 9.73 Å². The topological polar surface area (TPSA) is 66.7 Å². The van der Waals surface area contributed by atoms with Crippen molar-refractivity contribution >= 4 is 29.9 Å². The fourth-order valence-electron chi connectivity index (χ4n) is 2.89. The van der Waals surface area contributed by atoms with Crippen LogP contribution in [0.1, 0.15) is 24.5 Å². The molecule has 0 saturated heterocycles. The van der Waals surface area contributed by atoms with Crippen LogP contribution < -0.4 is 10.6 Å². The number of methoxy groups -OCH3 is 1. The van der Waals surface area contributed by atoms with Crippen LogP contribution in [0.25, 0.3) is 0 Å². The van der Waals surface area contributed by atoms with E-state index in [1.54, 1.807) is 13.3 Å². The monoisotopic (exact) mass is 514 g/mol. The summed E-state index contributed by atoms with van der Waals surface area (Å²) in [4.78, 5) is 11.1. The summed E-state index contributed by atoms with van der Waals surface area (Å²) in [6, 6.07) is 8.55. The van der Waals surface area contributed by atoms with Crippen LogP contribution in [-0.4, -0.2) is 67.4 Å². The van der Waals surface area contributed by atoms with Crippen molar-refractivity contribution in [2.24, 2.45) is 4.99 Å². The smallest absolute Gasteiger partial charge is 0.191 e. The number of imidazole rings is 1. The average molecular weight is 514 g/mol. The van der Waals surface area contributed by atoms with Crippen molar-refractivity contribution in [2.45, 2.75) is 26.4 Å². The van der Waals surface area contributed by atoms with E-state index in [9.17, 15) is 0 Å². The number of likely N-dealkylation sites (N-methyl/N-ethyl adjacent to an activating group) is 1. The molecule has 0 fully saturated rings. The Kier molecular flexibility index (Phi) is 13.3. The molecule has 0 radical (unpaired) electrons. The van der Waals surface area contributed by atoms with Crippen molar-refractivity contribution in [3.8, 4) is 0 Å². The number of aliphatic imine (C=N–C) groups is 1. The summed E-state index contributed by atoms with van der Waals surface area (Å²) in [7, 11) is 3.88. The average Bonchev–Trinajstić information content (AvgIpc) is 3.19. The molecule has 0 saturated carbocycles. The van der Waals surface area contributed by atoms with E-state index in [2.05, 4.69) is 63.3 Å². The lowest BCUT2D eigenvalue weighted by molar-refractivity contribution is 0.180. The summed E-state index contributed by atoms with van der Waals surface area (Å²) >= 11 is 0. The van der Waals surface area contributed by atoms with Crippen molar-refractivity contribution < 1.29 is 4.74 Å². The maximum atomic E-state index is 5.10. The van der Waals surface area contributed by atoms with E-state index < -0.39 is 0 Å². The Morgan fingerprint density at radius 2 is 2.07 bits per heavy atom. The van der Waals surface area contributed by atoms with Gasteiger partial charge in [-0.3, -0.25) is 0 Å². The highest BCUT2D eigenvalue weighted by Gasteiger charge is 2.02. The summed E-state index contributed by atoms with van der Waals surface area (Å²) in [5.41, 5.74) is 2.45. The van der Waals surface area contributed by atoms with Gasteiger partial charge in [-0.2, -0.15) is 0 Å². The first kappa shape index (κ1) is 25.4. The summed E-state index contributed by atoms with van der Waals surface area (Å²) in [6.45, 7) is 8.07. The lowest BCUT2D eigenvalue weighted by Crippen LogP contribution is -2.41. The molecule has 1 aromatic heterocycles. The highest BCUT2D eigenvalue weighted by atomic mass is 127. The molecule has 29 heavy (non-hydrogen) atoms. The number of nitrogens with one attached hydrogen (secondary N) is 2. The molecule has 0 aliphatic carbocycles. The third kappa shape index (κ3) is 10.6. The van der Waals surface area contributed by atoms with E-state index in [1.807, 2.05) is 12.5 Å². The molecule has 1 heterocycles. The maximum absolute atomic E-state index is 5.10. The molecule has 0 unspecified atom stereocenters. The van der Waals surface area contributed by atoms with E-state index in [0.717, 1.165) is 51.7 Å². The Morgan fingerprint density at radius 3 is 2.79 bits per heavy atom. The second-order valence-corrected chi connectivity index (χ2v) is 6.83. The number of halogens is 1. The summed E-state index contributed by atoms with van der Waals surface area (Å²) in [6.07, 6.45) is 6.67. The van der Waals surface area contributed by atoms with Gasteiger partial charge in [0.05, 0.1) is 12.9 Å². The number of hydrogen-bond acceptors (Lipinski definition) is 4. The van der Waals surface area contributed by atoms with Crippen LogP contribution in [-0.2, 0) is 17.8 Å². The first-order valence-corrected chi connectivity index (χ1v) is 9.94. The molecule has 0 bridgehead atoms. The predicted octanol–water partition coefficient (Wildman–Crippen LogP) is 2.57. The lowest BCUT2D eigenvalue weighted by atomic mass is 10.1. The van der Waals surface area contributed by atoms with E-state index in [1.165, 1.54) is 11.1 Å². The third-order valence-corrected chi connectivity index (χ3v) is 4.35. The Bertz CT molecular complexity index is 692. The zero-order valence-corrected chi connectivity index (χ0v) is 20.1. The molecule has 2 aromatic rings. The van der Waals surface area contributed by atoms with Crippen LogP contribution in [0, 0.1) is 0 Å². The molecule has 162 valence electrons. The molecule has 2 rings (SSSR count). The Balaban J connectivity index is 0.00000420. The van der Waals surface area contributed by atoms with Gasteiger partial charge in [-0.25, -0.2) is 9.98 Å². The molecule has 0 amide bonds. The van der Waals surface area contributed by atoms with Gasteiger partial charge < -0.3 is 24.8 Å². The van der Waals surface area contributed by atoms with Gasteiger partial charge in [0.25, 0.3) is 0 Å². The molecular formula is C21H35IN6O. The molecule has 0 aliphatic heterocycles. The third-order valence-electron chi connectivity index (χ3n) is 4.35. The molecule has 2 N–H and O–H groups in total. The Labute approximate surface area is 192 Å². The number of benzene rings is 1. The lowest BCUT2D eigenvalue weighted by Gasteiger charge is -2.18. The van der Waals surface area contributed by atoms with E-state index in [-0.39, 0.29) is 24.0 Å². The summed E-state index contributed by atoms with van der Waals surface area (Å²) in [5, 5.41) is 6.73. The maximum Gasteiger partial charge on any atom is 0.191 e. The standard InChI is InChI=1S/C21H34N6O.HI/c1-4-23-21(24-10-12-26(2)11-6-14-28-3)25-16-19-7-5-8-20(15-19)17-27-13-9-22-18-27;/h5,7-9,13,15,18H,4,6,10-12,14,16-17H2,1-3H3,(H2,23,24,25);1H. The van der Waals surface area contributed by atoms with Crippen LogP contribution in [0.2, 0.25) is 0 Å². The van der Waals surface area contributed by atoms with Crippen molar-refractivity contribution in [2.75, 3.05) is 46.9 Å². The number of aromatic nitrogens is 2. The van der Waals surface area contributed by atoms with Crippen molar-refractivity contribution in [3.05, 3.63) is 54.1 Å². The minimum Gasteiger partial charge on any atom is -0.385 e. The highest BCUT2D eigenvalue weighted by molar-refractivity contribution is 14.0. The second-order valence-electron chi connectivity index (χ2n) is 6.83. The van der Waals surface area contributed by atoms with Gasteiger partial charge in [-0.05, 0) is 31.5 Å². The molecule has 0 spiro atoms. The second kappa shape index (κ2) is 15.2. The van der Waals surface area contributed by atoms with E-state index in [0.29, 0.717) is 6.54 Å². The predicted molar refractivity (Wildman–Crippen MR) is 130 cm³/mol. The van der Waals surface area contributed by atoms with Gasteiger partial charge in [0, 0.05) is 58.8 Å². The Hall–Kier alpha value is -1.65. The van der Waals surface area contributed by atoms with Gasteiger partial charge in [-0.15, -0.1) is 24.0 Å². The molecule has 0 atom stereocenters. The first-order chi connectivity index (χ1) is 13.7. The zero-order valence-electron chi connectivity index (χ0n) is 17.8. The van der Waals surface area contributed by atoms with Crippen LogP contribution in [0.3, 0.4) is 0 Å². The molecular weight excluding hydrogens is 479 g/mol. The van der Waals surface area contributed by atoms with Gasteiger partial charge in [-0.1, -0.05) is 24.3 Å². The van der Waals surface area contributed by atoms with E-state index >= 15 is 0 Å². The normalized spacial score (nSPS) is 11.4. The number of rotatable bonds is 12. The SMILES string of the molecule is CCNC(=NCc1cccc(Cn2ccnc2)c1)NCCN(C)CCCOC.I. The van der Waals surface area contributed by atoms with Gasteiger partial charge in [0.1, 0.15) is 0 Å². The van der Waals surface area contributed by atoms with Crippen LogP contribution >= 0.6 is 24.0 Å². The van der Waals surface area contributed by atoms with Crippen LogP contribution in [0.5, 0.6) is 0 Å². The van der Waals surface area contributed by atoms with Gasteiger partial charge in [0.2, 0.25) is 0 Å². The fraction of sp³-hybridized carbons (Fsp3) is 0.524. The Morgan fingerprint density at radius 1 is 1.24 bits per heavy atom. The quantitative estimate of drug-likeness (QED) is 0.197. The number of guanidine groups is 1. The van der Waals surface area contributed by atoms with Crippen LogP contribution in [0.15, 0.2) is 48.0 Å². The largest absolute Gasteiger partial charge is 0.385 e. The minimum atomic E-state index is 0. The van der Waals surface area contributed by atoms with Crippen molar-refractivity contribution in [1.29, 1.82) is 0 Å². The summed E-state index contributed by atoms with van der Waals surface area (Å²) < 4.78 is 7.17. The molecule has 1 aromatic carbocycles. The molecule has 8 heteroatoms. The van der Waals surface area contributed by atoms with Gasteiger partial charge in [0.15, 0.2) is 5.96 Å². The summed E-state index contributed by atoms with van der Waals surface area (Å²) in [5.74, 6) is 0.854. The minimum absolute atomic E-state index is 0.